The molecule has 0 radical (unpaired) electrons. The summed E-state index contributed by atoms with van der Waals surface area (Å²) in [5.41, 5.74) is 6.53. The van der Waals surface area contributed by atoms with Crippen LogP contribution in [0.15, 0.2) is 45.7 Å². The SMILES string of the molecule is C[C@@H]1CCC[C@H](C)N1CCCCCN1C(=O)C(c2ccc(C(=N)N)o2)Sc2ccccc21. The summed E-state index contributed by atoms with van der Waals surface area (Å²) in [6, 6.07) is 12.9. The van der Waals surface area contributed by atoms with Gasteiger partial charge in [-0.25, -0.2) is 0 Å². The highest BCUT2D eigenvalue weighted by atomic mass is 32.2. The molecule has 2 aliphatic rings. The number of hydrogen-bond donors (Lipinski definition) is 2. The van der Waals surface area contributed by atoms with Crippen LogP contribution in [0.2, 0.25) is 0 Å². The van der Waals surface area contributed by atoms with Gasteiger partial charge in [0.2, 0.25) is 5.91 Å². The van der Waals surface area contributed by atoms with Gasteiger partial charge in [0.1, 0.15) is 11.0 Å². The van der Waals surface area contributed by atoms with E-state index >= 15 is 0 Å². The summed E-state index contributed by atoms with van der Waals surface area (Å²) in [5, 5.41) is 7.13. The Morgan fingerprint density at radius 3 is 2.53 bits per heavy atom. The van der Waals surface area contributed by atoms with Crippen molar-refractivity contribution in [2.75, 3.05) is 18.0 Å². The molecule has 2 aliphatic heterocycles. The van der Waals surface area contributed by atoms with Gasteiger partial charge >= 0.3 is 0 Å². The van der Waals surface area contributed by atoms with E-state index in [9.17, 15) is 4.79 Å². The summed E-state index contributed by atoms with van der Waals surface area (Å²) < 4.78 is 5.73. The molecule has 1 aromatic carbocycles. The summed E-state index contributed by atoms with van der Waals surface area (Å²) in [7, 11) is 0. The Kier molecular flexibility index (Phi) is 7.26. The predicted octanol–water partition coefficient (Wildman–Crippen LogP) is 5.18. The second kappa shape index (κ2) is 10.1. The number of piperidine rings is 1. The Labute approximate surface area is 195 Å². The normalized spacial score (nSPS) is 23.9. The molecule has 1 fully saturated rings. The molecule has 4 rings (SSSR count). The Morgan fingerprint density at radius 2 is 1.81 bits per heavy atom. The Morgan fingerprint density at radius 1 is 1.09 bits per heavy atom. The highest BCUT2D eigenvalue weighted by Crippen LogP contribution is 2.46. The van der Waals surface area contributed by atoms with Crippen LogP contribution in [-0.4, -0.2) is 41.8 Å². The van der Waals surface area contributed by atoms with Gasteiger partial charge in [-0.15, -0.1) is 11.8 Å². The molecule has 1 aromatic heterocycles. The van der Waals surface area contributed by atoms with Gasteiger partial charge in [0.05, 0.1) is 5.69 Å². The second-order valence-corrected chi connectivity index (χ2v) is 10.1. The van der Waals surface area contributed by atoms with Crippen molar-refractivity contribution in [1.82, 2.24) is 4.90 Å². The molecule has 1 amide bonds. The fourth-order valence-corrected chi connectivity index (χ4v) is 6.10. The zero-order valence-corrected chi connectivity index (χ0v) is 19.9. The second-order valence-electron chi connectivity index (χ2n) is 9.00. The Hall–Kier alpha value is -2.25. The van der Waals surface area contributed by atoms with Crippen molar-refractivity contribution in [2.24, 2.45) is 5.73 Å². The van der Waals surface area contributed by atoms with Crippen molar-refractivity contribution in [3.8, 4) is 0 Å². The predicted molar refractivity (Wildman–Crippen MR) is 130 cm³/mol. The number of amides is 1. The number of amidine groups is 1. The molecule has 32 heavy (non-hydrogen) atoms. The summed E-state index contributed by atoms with van der Waals surface area (Å²) in [6.45, 7) is 6.55. The molecule has 0 aliphatic carbocycles. The van der Waals surface area contributed by atoms with Crippen molar-refractivity contribution in [3.63, 3.8) is 0 Å². The number of rotatable bonds is 8. The molecule has 0 spiro atoms. The highest BCUT2D eigenvalue weighted by molar-refractivity contribution is 8.00. The summed E-state index contributed by atoms with van der Waals surface area (Å²) in [4.78, 5) is 19.1. The van der Waals surface area contributed by atoms with E-state index in [0.717, 1.165) is 36.4 Å². The van der Waals surface area contributed by atoms with Crippen LogP contribution in [0.25, 0.3) is 0 Å². The fraction of sp³-hybridized carbons (Fsp3) is 0.520. The van der Waals surface area contributed by atoms with Crippen molar-refractivity contribution >= 4 is 29.2 Å². The van der Waals surface area contributed by atoms with Crippen LogP contribution >= 0.6 is 11.8 Å². The third kappa shape index (κ3) is 4.89. The van der Waals surface area contributed by atoms with Crippen LogP contribution < -0.4 is 10.6 Å². The van der Waals surface area contributed by atoms with Crippen LogP contribution in [0.3, 0.4) is 0 Å². The molecule has 6 nitrogen and oxygen atoms in total. The smallest absolute Gasteiger partial charge is 0.248 e. The number of anilines is 1. The number of unbranched alkanes of at least 4 members (excludes halogenated alkanes) is 2. The monoisotopic (exact) mass is 454 g/mol. The molecule has 3 heterocycles. The summed E-state index contributed by atoms with van der Waals surface area (Å²) in [5.74, 6) is 0.772. The lowest BCUT2D eigenvalue weighted by Crippen LogP contribution is -2.44. The molecule has 0 saturated carbocycles. The quantitative estimate of drug-likeness (QED) is 0.326. The fourth-order valence-electron chi connectivity index (χ4n) is 4.92. The van der Waals surface area contributed by atoms with E-state index in [-0.39, 0.29) is 11.7 Å². The number of carbonyl (C=O) groups excluding carboxylic acids is 1. The number of thioether (sulfide) groups is 1. The number of nitrogen functional groups attached to an aromatic ring is 1. The summed E-state index contributed by atoms with van der Waals surface area (Å²) >= 11 is 1.51. The van der Waals surface area contributed by atoms with Gasteiger partial charge in [-0.05, 0) is 70.3 Å². The van der Waals surface area contributed by atoms with E-state index in [2.05, 4.69) is 24.8 Å². The number of benzene rings is 1. The van der Waals surface area contributed by atoms with Gasteiger partial charge in [0, 0.05) is 23.5 Å². The average Bonchev–Trinajstić information content (AvgIpc) is 3.27. The first-order valence-electron chi connectivity index (χ1n) is 11.7. The lowest BCUT2D eigenvalue weighted by molar-refractivity contribution is -0.118. The molecule has 3 atom stereocenters. The molecule has 1 saturated heterocycles. The lowest BCUT2D eigenvalue weighted by atomic mass is 9.97. The van der Waals surface area contributed by atoms with Gasteiger partial charge < -0.3 is 15.1 Å². The van der Waals surface area contributed by atoms with Crippen LogP contribution in [-0.2, 0) is 4.79 Å². The maximum atomic E-state index is 13.4. The average molecular weight is 455 g/mol. The van der Waals surface area contributed by atoms with Gasteiger partial charge in [-0.1, -0.05) is 25.0 Å². The van der Waals surface area contributed by atoms with Gasteiger partial charge in [0.15, 0.2) is 11.6 Å². The zero-order chi connectivity index (χ0) is 22.7. The standard InChI is InChI=1S/C25H34N4O2S/c1-17-9-8-10-18(2)28(17)15-6-3-7-16-29-19-11-4-5-12-22(19)32-23(25(29)30)20-13-14-21(31-20)24(26)27/h4-5,11-14,17-18,23H,3,6-10,15-16H2,1-2H3,(H3,26,27)/t17-,18+,23?. The molecule has 2 aromatic rings. The maximum Gasteiger partial charge on any atom is 0.248 e. The van der Waals surface area contributed by atoms with E-state index in [1.54, 1.807) is 12.1 Å². The van der Waals surface area contributed by atoms with Crippen LogP contribution in [0.4, 0.5) is 5.69 Å². The van der Waals surface area contributed by atoms with Crippen LogP contribution in [0.5, 0.6) is 0 Å². The Bertz CT molecular complexity index is 949. The van der Waals surface area contributed by atoms with E-state index < -0.39 is 5.25 Å². The zero-order valence-electron chi connectivity index (χ0n) is 19.0. The largest absolute Gasteiger partial charge is 0.456 e. The molecular formula is C25H34N4O2S. The highest BCUT2D eigenvalue weighted by Gasteiger charge is 2.36. The third-order valence-corrected chi connectivity index (χ3v) is 7.98. The van der Waals surface area contributed by atoms with Crippen molar-refractivity contribution in [2.45, 2.75) is 74.6 Å². The number of nitrogens with one attached hydrogen (secondary N) is 1. The van der Waals surface area contributed by atoms with Crippen molar-refractivity contribution in [3.05, 3.63) is 47.9 Å². The molecule has 7 heteroatoms. The Balaban J connectivity index is 1.39. The molecule has 3 N–H and O–H groups in total. The minimum atomic E-state index is -0.451. The molecule has 172 valence electrons. The van der Waals surface area contributed by atoms with E-state index in [0.29, 0.717) is 30.1 Å². The first-order chi connectivity index (χ1) is 15.5. The first-order valence-corrected chi connectivity index (χ1v) is 12.6. The molecular weight excluding hydrogens is 420 g/mol. The van der Waals surface area contributed by atoms with Crippen molar-refractivity contribution < 1.29 is 9.21 Å². The number of furan rings is 1. The first kappa shape index (κ1) is 22.9. The summed E-state index contributed by atoms with van der Waals surface area (Å²) in [6.07, 6.45) is 7.20. The van der Waals surface area contributed by atoms with E-state index in [1.807, 2.05) is 23.1 Å². The minimum Gasteiger partial charge on any atom is -0.456 e. The molecule has 0 bridgehead atoms. The van der Waals surface area contributed by atoms with Gasteiger partial charge in [0.25, 0.3) is 0 Å². The maximum absolute atomic E-state index is 13.4. The van der Waals surface area contributed by atoms with Gasteiger partial charge in [-0.3, -0.25) is 15.1 Å². The number of likely N-dealkylation sites (tertiary alicyclic amines) is 1. The third-order valence-electron chi connectivity index (χ3n) is 6.72. The van der Waals surface area contributed by atoms with Crippen molar-refractivity contribution in [1.29, 1.82) is 5.41 Å². The van der Waals surface area contributed by atoms with Crippen LogP contribution in [0, 0.1) is 5.41 Å². The minimum absolute atomic E-state index is 0.0384. The number of fused-ring (bicyclic) bond motifs is 1. The number of para-hydroxylation sites is 1. The van der Waals surface area contributed by atoms with Gasteiger partial charge in [-0.2, -0.15) is 0 Å². The van der Waals surface area contributed by atoms with E-state index in [4.69, 9.17) is 15.6 Å². The molecule has 1 unspecified atom stereocenters. The number of hydrogen-bond acceptors (Lipinski definition) is 5. The lowest BCUT2D eigenvalue weighted by Gasteiger charge is -2.39. The number of nitrogens with two attached hydrogens (primary N) is 1. The van der Waals surface area contributed by atoms with Crippen LogP contribution in [0.1, 0.15) is 69.1 Å². The number of nitrogens with zero attached hydrogens (tertiary/aromatic N) is 2. The van der Waals surface area contributed by atoms with E-state index in [1.165, 1.54) is 31.0 Å². The topological polar surface area (TPSA) is 86.6 Å². The number of carbonyl (C=O) groups is 1.